The first kappa shape index (κ1) is 12.7. The Labute approximate surface area is 128 Å². The van der Waals surface area contributed by atoms with Crippen molar-refractivity contribution >= 4 is 54.9 Å². The molecule has 0 aliphatic carbocycles. The van der Waals surface area contributed by atoms with Gasteiger partial charge in [-0.05, 0) is 42.0 Å². The highest BCUT2D eigenvalue weighted by atomic mass is 79.9. The van der Waals surface area contributed by atoms with E-state index >= 15 is 0 Å². The zero-order valence-electron chi connectivity index (χ0n) is 10.0. The van der Waals surface area contributed by atoms with E-state index in [1.165, 1.54) is 10.9 Å². The van der Waals surface area contributed by atoms with Crippen LogP contribution in [0.4, 0.5) is 0 Å². The Morgan fingerprint density at radius 3 is 2.32 bits per heavy atom. The van der Waals surface area contributed by atoms with Crippen LogP contribution >= 0.6 is 31.9 Å². The Morgan fingerprint density at radius 2 is 1.53 bits per heavy atom. The van der Waals surface area contributed by atoms with Crippen molar-refractivity contribution in [3.05, 3.63) is 68.7 Å². The Morgan fingerprint density at radius 1 is 0.789 bits per heavy atom. The first-order chi connectivity index (χ1) is 9.20. The van der Waals surface area contributed by atoms with Gasteiger partial charge in [-0.3, -0.25) is 0 Å². The molecular weight excluding hydrogens is 366 g/mol. The van der Waals surface area contributed by atoms with E-state index in [-0.39, 0.29) is 0 Å². The van der Waals surface area contributed by atoms with Crippen LogP contribution in [0.2, 0.25) is 0 Å². The van der Waals surface area contributed by atoms with Gasteiger partial charge in [-0.25, -0.2) is 0 Å². The van der Waals surface area contributed by atoms with E-state index in [0.717, 1.165) is 20.2 Å². The molecule has 0 unspecified atom stereocenters. The van der Waals surface area contributed by atoms with Gasteiger partial charge in [0.1, 0.15) is 0 Å². The van der Waals surface area contributed by atoms with Crippen LogP contribution in [0.15, 0.2) is 57.5 Å². The molecule has 2 aromatic carbocycles. The number of hydrogen-bond donors (Lipinski definition) is 1. The van der Waals surface area contributed by atoms with Crippen molar-refractivity contribution < 1.29 is 0 Å². The Kier molecular flexibility index (Phi) is 3.58. The van der Waals surface area contributed by atoms with E-state index in [2.05, 4.69) is 85.4 Å². The van der Waals surface area contributed by atoms with Crippen LogP contribution in [0.25, 0.3) is 23.1 Å². The second kappa shape index (κ2) is 5.35. The molecule has 0 radical (unpaired) electrons. The number of nitrogens with one attached hydrogen (secondary N) is 1. The number of halogens is 2. The molecule has 0 aliphatic rings. The molecule has 94 valence electrons. The summed E-state index contributed by atoms with van der Waals surface area (Å²) in [7, 11) is 0. The summed E-state index contributed by atoms with van der Waals surface area (Å²) in [5, 5.41) is 1.22. The Hall–Kier alpha value is -1.32. The lowest BCUT2D eigenvalue weighted by Gasteiger charge is -1.93. The predicted octanol–water partition coefficient (Wildman–Crippen LogP) is 5.86. The van der Waals surface area contributed by atoms with Crippen LogP contribution in [0.3, 0.4) is 0 Å². The summed E-state index contributed by atoms with van der Waals surface area (Å²) < 4.78 is 2.19. The summed E-state index contributed by atoms with van der Waals surface area (Å²) in [6.07, 6.45) is 4.20. The summed E-state index contributed by atoms with van der Waals surface area (Å²) in [6.45, 7) is 0. The van der Waals surface area contributed by atoms with E-state index in [1.54, 1.807) is 0 Å². The molecule has 1 aromatic heterocycles. The molecule has 3 aromatic rings. The van der Waals surface area contributed by atoms with Gasteiger partial charge in [0.2, 0.25) is 0 Å². The zero-order valence-corrected chi connectivity index (χ0v) is 13.2. The highest BCUT2D eigenvalue weighted by molar-refractivity contribution is 9.10. The number of rotatable bonds is 2. The molecule has 0 amide bonds. The average molecular weight is 377 g/mol. The van der Waals surface area contributed by atoms with Crippen molar-refractivity contribution in [2.24, 2.45) is 0 Å². The number of H-pyrrole nitrogens is 1. The largest absolute Gasteiger partial charge is 0.355 e. The van der Waals surface area contributed by atoms with Crippen molar-refractivity contribution in [1.29, 1.82) is 0 Å². The van der Waals surface area contributed by atoms with Crippen molar-refractivity contribution in [2.45, 2.75) is 0 Å². The maximum absolute atomic E-state index is 3.48. The summed E-state index contributed by atoms with van der Waals surface area (Å²) >= 11 is 6.92. The third kappa shape index (κ3) is 2.99. The van der Waals surface area contributed by atoms with Crippen molar-refractivity contribution in [3.8, 4) is 0 Å². The molecule has 0 bridgehead atoms. The number of aromatic nitrogens is 1. The summed E-state index contributed by atoms with van der Waals surface area (Å²) in [5.41, 5.74) is 3.43. The standard InChI is InChI=1S/C16H11Br2N/c17-13-5-1-11(2-6-13)3-8-15-9-12-4-7-14(18)10-16(12)19-15/h1-10,19H. The lowest BCUT2D eigenvalue weighted by Crippen LogP contribution is -1.72. The Bertz CT molecular complexity index is 739. The van der Waals surface area contributed by atoms with Gasteiger partial charge < -0.3 is 4.98 Å². The average Bonchev–Trinajstić information content (AvgIpc) is 2.80. The topological polar surface area (TPSA) is 15.8 Å². The molecule has 19 heavy (non-hydrogen) atoms. The number of aromatic amines is 1. The fourth-order valence-corrected chi connectivity index (χ4v) is 2.60. The lowest BCUT2D eigenvalue weighted by molar-refractivity contribution is 1.43. The quantitative estimate of drug-likeness (QED) is 0.576. The first-order valence-electron chi connectivity index (χ1n) is 5.93. The van der Waals surface area contributed by atoms with E-state index < -0.39 is 0 Å². The maximum atomic E-state index is 3.48. The lowest BCUT2D eigenvalue weighted by atomic mass is 10.2. The van der Waals surface area contributed by atoms with Gasteiger partial charge in [0, 0.05) is 25.5 Å². The molecule has 1 N–H and O–H groups in total. The first-order valence-corrected chi connectivity index (χ1v) is 7.51. The summed E-state index contributed by atoms with van der Waals surface area (Å²) in [4.78, 5) is 3.39. The Balaban J connectivity index is 1.90. The van der Waals surface area contributed by atoms with Gasteiger partial charge in [-0.1, -0.05) is 56.1 Å². The smallest absolute Gasteiger partial charge is 0.0469 e. The van der Waals surface area contributed by atoms with Gasteiger partial charge in [-0.15, -0.1) is 0 Å². The number of benzene rings is 2. The monoisotopic (exact) mass is 375 g/mol. The predicted molar refractivity (Wildman–Crippen MR) is 89.1 cm³/mol. The molecule has 1 nitrogen and oxygen atoms in total. The summed E-state index contributed by atoms with van der Waals surface area (Å²) in [5.74, 6) is 0. The van der Waals surface area contributed by atoms with Crippen molar-refractivity contribution in [1.82, 2.24) is 4.98 Å². The van der Waals surface area contributed by atoms with Crippen LogP contribution in [-0.4, -0.2) is 4.98 Å². The second-order valence-electron chi connectivity index (χ2n) is 4.34. The molecule has 0 spiro atoms. The van der Waals surface area contributed by atoms with Crippen LogP contribution < -0.4 is 0 Å². The van der Waals surface area contributed by atoms with Crippen molar-refractivity contribution in [2.75, 3.05) is 0 Å². The van der Waals surface area contributed by atoms with E-state index in [0.29, 0.717) is 0 Å². The molecule has 0 saturated heterocycles. The van der Waals surface area contributed by atoms with Crippen LogP contribution in [-0.2, 0) is 0 Å². The molecule has 0 aliphatic heterocycles. The zero-order chi connectivity index (χ0) is 13.2. The summed E-state index contributed by atoms with van der Waals surface area (Å²) in [6, 6.07) is 16.7. The van der Waals surface area contributed by atoms with E-state index in [9.17, 15) is 0 Å². The fraction of sp³-hybridized carbons (Fsp3) is 0. The molecule has 1 heterocycles. The highest BCUT2D eigenvalue weighted by Crippen LogP contribution is 2.21. The fourth-order valence-electron chi connectivity index (χ4n) is 1.97. The third-order valence-electron chi connectivity index (χ3n) is 2.93. The maximum Gasteiger partial charge on any atom is 0.0469 e. The van der Waals surface area contributed by atoms with Gasteiger partial charge in [0.25, 0.3) is 0 Å². The van der Waals surface area contributed by atoms with Crippen LogP contribution in [0, 0.1) is 0 Å². The molecule has 3 heteroatoms. The van der Waals surface area contributed by atoms with Gasteiger partial charge in [0.15, 0.2) is 0 Å². The minimum Gasteiger partial charge on any atom is -0.355 e. The molecule has 0 saturated carbocycles. The molecular formula is C16H11Br2N. The van der Waals surface area contributed by atoms with E-state index in [1.807, 2.05) is 12.1 Å². The minimum atomic E-state index is 1.09. The normalized spacial score (nSPS) is 11.5. The van der Waals surface area contributed by atoms with Crippen LogP contribution in [0.1, 0.15) is 11.3 Å². The molecule has 0 atom stereocenters. The third-order valence-corrected chi connectivity index (χ3v) is 3.95. The van der Waals surface area contributed by atoms with Crippen molar-refractivity contribution in [3.63, 3.8) is 0 Å². The molecule has 3 rings (SSSR count). The van der Waals surface area contributed by atoms with Gasteiger partial charge in [-0.2, -0.15) is 0 Å². The van der Waals surface area contributed by atoms with Gasteiger partial charge in [0.05, 0.1) is 0 Å². The van der Waals surface area contributed by atoms with E-state index in [4.69, 9.17) is 0 Å². The second-order valence-corrected chi connectivity index (χ2v) is 6.17. The highest BCUT2D eigenvalue weighted by Gasteiger charge is 1.98. The minimum absolute atomic E-state index is 1.09. The van der Waals surface area contributed by atoms with Crippen LogP contribution in [0.5, 0.6) is 0 Å². The number of hydrogen-bond acceptors (Lipinski definition) is 0. The SMILES string of the molecule is Brc1ccc(C=Cc2cc3ccc(Br)cc3[nH]2)cc1. The number of fused-ring (bicyclic) bond motifs is 1. The van der Waals surface area contributed by atoms with Gasteiger partial charge >= 0.3 is 0 Å². The molecule has 0 fully saturated rings.